The maximum Gasteiger partial charge on any atom is 0.410 e. The largest absolute Gasteiger partial charge is 0.481 e. The Balaban J connectivity index is 2.05. The molecule has 18 heavy (non-hydrogen) atoms. The highest BCUT2D eigenvalue weighted by atomic mass is 16.6. The molecule has 0 aliphatic carbocycles. The lowest BCUT2D eigenvalue weighted by atomic mass is 9.91. The molecule has 2 fully saturated rings. The zero-order valence-corrected chi connectivity index (χ0v) is 11.2. The zero-order chi connectivity index (χ0) is 13.5. The number of ether oxygens (including phenoxy) is 1. The number of aliphatic carboxylic acids is 1. The second-order valence-electron chi connectivity index (χ2n) is 6.28. The Labute approximate surface area is 107 Å². The van der Waals surface area contributed by atoms with E-state index in [-0.39, 0.29) is 24.1 Å². The number of carboxylic acid groups (broad SMARTS) is 1. The number of nitrogens with zero attached hydrogens (tertiary/aromatic N) is 1. The third-order valence-corrected chi connectivity index (χ3v) is 3.69. The Bertz CT molecular complexity index is 346. The summed E-state index contributed by atoms with van der Waals surface area (Å²) < 4.78 is 5.39. The van der Waals surface area contributed by atoms with E-state index in [1.807, 2.05) is 20.8 Å². The molecule has 0 aromatic heterocycles. The van der Waals surface area contributed by atoms with Gasteiger partial charge in [-0.1, -0.05) is 0 Å². The first kappa shape index (κ1) is 13.2. The minimum absolute atomic E-state index is 0.0414. The van der Waals surface area contributed by atoms with Crippen molar-refractivity contribution in [2.24, 2.45) is 5.92 Å². The number of hydrogen-bond donors (Lipinski definition) is 1. The minimum atomic E-state index is -0.740. The summed E-state index contributed by atoms with van der Waals surface area (Å²) in [6, 6.07) is 0.0828. The van der Waals surface area contributed by atoms with E-state index in [0.29, 0.717) is 12.8 Å². The van der Waals surface area contributed by atoms with Gasteiger partial charge in [0.05, 0.1) is 5.92 Å². The summed E-state index contributed by atoms with van der Waals surface area (Å²) >= 11 is 0. The Kier molecular flexibility index (Phi) is 3.25. The quantitative estimate of drug-likeness (QED) is 0.780. The van der Waals surface area contributed by atoms with Crippen LogP contribution in [0.25, 0.3) is 0 Å². The first-order chi connectivity index (χ1) is 8.28. The van der Waals surface area contributed by atoms with Gasteiger partial charge in [0.1, 0.15) is 5.60 Å². The fraction of sp³-hybridized carbons (Fsp3) is 0.846. The zero-order valence-electron chi connectivity index (χ0n) is 11.2. The van der Waals surface area contributed by atoms with E-state index < -0.39 is 11.6 Å². The van der Waals surface area contributed by atoms with E-state index in [0.717, 1.165) is 12.8 Å². The highest BCUT2D eigenvalue weighted by Gasteiger charge is 2.46. The molecule has 2 bridgehead atoms. The fourth-order valence-corrected chi connectivity index (χ4v) is 2.99. The third-order valence-electron chi connectivity index (χ3n) is 3.69. The van der Waals surface area contributed by atoms with E-state index in [2.05, 4.69) is 0 Å². The number of amides is 1. The first-order valence-electron chi connectivity index (χ1n) is 6.52. The van der Waals surface area contributed by atoms with Gasteiger partial charge in [0, 0.05) is 12.1 Å². The van der Waals surface area contributed by atoms with E-state index in [1.54, 1.807) is 4.90 Å². The normalized spacial score (nSPS) is 31.3. The standard InChI is InChI=1S/C13H21NO4/c1-13(2,3)18-12(17)14-9-4-5-10(14)7-8(6-9)11(15)16/h8-10H,4-7H2,1-3H3,(H,15,16)/t8-,9-,10+. The predicted octanol–water partition coefficient (Wildman–Crippen LogP) is 2.25. The predicted molar refractivity (Wildman–Crippen MR) is 65.2 cm³/mol. The molecule has 2 aliphatic rings. The monoisotopic (exact) mass is 255 g/mol. The average molecular weight is 255 g/mol. The molecule has 2 saturated heterocycles. The summed E-state index contributed by atoms with van der Waals surface area (Å²) in [6.07, 6.45) is 2.62. The molecule has 2 rings (SSSR count). The van der Waals surface area contributed by atoms with E-state index in [4.69, 9.17) is 9.84 Å². The third kappa shape index (κ3) is 2.60. The van der Waals surface area contributed by atoms with E-state index in [9.17, 15) is 9.59 Å². The van der Waals surface area contributed by atoms with Crippen LogP contribution in [0.4, 0.5) is 4.79 Å². The molecule has 0 aromatic rings. The number of hydrogen-bond acceptors (Lipinski definition) is 3. The van der Waals surface area contributed by atoms with Crippen LogP contribution in [-0.2, 0) is 9.53 Å². The summed E-state index contributed by atoms with van der Waals surface area (Å²) in [7, 11) is 0. The maximum atomic E-state index is 12.1. The molecule has 102 valence electrons. The molecule has 0 unspecified atom stereocenters. The van der Waals surface area contributed by atoms with Gasteiger partial charge in [0.25, 0.3) is 0 Å². The second-order valence-corrected chi connectivity index (χ2v) is 6.28. The van der Waals surface area contributed by atoms with Crippen molar-refractivity contribution in [1.29, 1.82) is 0 Å². The van der Waals surface area contributed by atoms with Crippen molar-refractivity contribution in [3.8, 4) is 0 Å². The van der Waals surface area contributed by atoms with Crippen LogP contribution in [0.5, 0.6) is 0 Å². The summed E-state index contributed by atoms with van der Waals surface area (Å²) in [6.45, 7) is 5.53. The molecule has 1 amide bonds. The van der Waals surface area contributed by atoms with Crippen molar-refractivity contribution in [3.05, 3.63) is 0 Å². The second kappa shape index (κ2) is 4.44. The van der Waals surface area contributed by atoms with Crippen LogP contribution < -0.4 is 0 Å². The van der Waals surface area contributed by atoms with E-state index in [1.165, 1.54) is 0 Å². The van der Waals surface area contributed by atoms with Crippen molar-refractivity contribution < 1.29 is 19.4 Å². The summed E-state index contributed by atoms with van der Waals surface area (Å²) in [5.74, 6) is -1.04. The van der Waals surface area contributed by atoms with Gasteiger partial charge in [-0.2, -0.15) is 0 Å². The summed E-state index contributed by atoms with van der Waals surface area (Å²) in [5.41, 5.74) is -0.500. The molecule has 2 aliphatic heterocycles. The highest BCUT2D eigenvalue weighted by molar-refractivity contribution is 5.73. The van der Waals surface area contributed by atoms with E-state index >= 15 is 0 Å². The van der Waals surface area contributed by atoms with Crippen molar-refractivity contribution in [3.63, 3.8) is 0 Å². The number of fused-ring (bicyclic) bond motifs is 2. The van der Waals surface area contributed by atoms with Crippen LogP contribution >= 0.6 is 0 Å². The smallest absolute Gasteiger partial charge is 0.410 e. The van der Waals surface area contributed by atoms with Gasteiger partial charge in [0.15, 0.2) is 0 Å². The SMILES string of the molecule is CC(C)(C)OC(=O)N1[C@@H]2CC[C@H]1C[C@H](C(=O)O)C2. The highest BCUT2D eigenvalue weighted by Crippen LogP contribution is 2.39. The van der Waals surface area contributed by atoms with Crippen molar-refractivity contribution in [2.75, 3.05) is 0 Å². The molecule has 0 spiro atoms. The Hall–Kier alpha value is -1.26. The fourth-order valence-electron chi connectivity index (χ4n) is 2.99. The molecule has 3 atom stereocenters. The van der Waals surface area contributed by atoms with Gasteiger partial charge in [-0.05, 0) is 46.5 Å². The number of rotatable bonds is 1. The molecular formula is C13H21NO4. The van der Waals surface area contributed by atoms with Crippen LogP contribution in [0, 0.1) is 5.92 Å². The van der Waals surface area contributed by atoms with Gasteiger partial charge >= 0.3 is 12.1 Å². The molecule has 0 aromatic carbocycles. The Morgan fingerprint density at radius 3 is 2.06 bits per heavy atom. The summed E-state index contributed by atoms with van der Waals surface area (Å²) in [5, 5.41) is 9.08. The molecule has 0 saturated carbocycles. The lowest BCUT2D eigenvalue weighted by Crippen LogP contribution is -2.49. The van der Waals surface area contributed by atoms with Crippen molar-refractivity contribution in [1.82, 2.24) is 4.90 Å². The first-order valence-corrected chi connectivity index (χ1v) is 6.52. The molecule has 5 heteroatoms. The van der Waals surface area contributed by atoms with Crippen LogP contribution in [0.3, 0.4) is 0 Å². The lowest BCUT2D eigenvalue weighted by molar-refractivity contribution is -0.144. The minimum Gasteiger partial charge on any atom is -0.481 e. The van der Waals surface area contributed by atoms with Crippen LogP contribution in [0.1, 0.15) is 46.5 Å². The van der Waals surface area contributed by atoms with Crippen molar-refractivity contribution in [2.45, 2.75) is 64.1 Å². The van der Waals surface area contributed by atoms with Gasteiger partial charge in [-0.3, -0.25) is 4.79 Å². The topological polar surface area (TPSA) is 66.8 Å². The number of piperidine rings is 1. The Morgan fingerprint density at radius 1 is 1.17 bits per heavy atom. The van der Waals surface area contributed by atoms with Gasteiger partial charge < -0.3 is 14.7 Å². The van der Waals surface area contributed by atoms with Crippen LogP contribution in [0.15, 0.2) is 0 Å². The van der Waals surface area contributed by atoms with Crippen LogP contribution in [0.2, 0.25) is 0 Å². The Morgan fingerprint density at radius 2 is 1.67 bits per heavy atom. The molecule has 0 radical (unpaired) electrons. The molecule has 1 N–H and O–H groups in total. The molecule has 2 heterocycles. The lowest BCUT2D eigenvalue weighted by Gasteiger charge is -2.38. The summed E-state index contributed by atoms with van der Waals surface area (Å²) in [4.78, 5) is 24.9. The molecular weight excluding hydrogens is 234 g/mol. The average Bonchev–Trinajstić information content (AvgIpc) is 2.47. The maximum absolute atomic E-state index is 12.1. The van der Waals surface area contributed by atoms with Gasteiger partial charge in [-0.25, -0.2) is 4.79 Å². The van der Waals surface area contributed by atoms with Gasteiger partial charge in [-0.15, -0.1) is 0 Å². The van der Waals surface area contributed by atoms with Gasteiger partial charge in [0.2, 0.25) is 0 Å². The number of carbonyl (C=O) groups excluding carboxylic acids is 1. The number of carboxylic acids is 1. The molecule has 5 nitrogen and oxygen atoms in total. The van der Waals surface area contributed by atoms with Crippen LogP contribution in [-0.4, -0.2) is 39.8 Å². The number of carbonyl (C=O) groups is 2. The van der Waals surface area contributed by atoms with Crippen molar-refractivity contribution >= 4 is 12.1 Å².